The minimum absolute atomic E-state index is 0.187. The van der Waals surface area contributed by atoms with E-state index in [2.05, 4.69) is 41.8 Å². The second-order valence-corrected chi connectivity index (χ2v) is 20.3. The minimum Gasteiger partial charge on any atom is -0.465 e. The number of methoxy groups -OCH3 is 1. The summed E-state index contributed by atoms with van der Waals surface area (Å²) in [6, 6.07) is 4.54. The van der Waals surface area contributed by atoms with Crippen molar-refractivity contribution < 1.29 is 82.8 Å². The SMILES string of the molecule is COC(=O)NC(C(=O)NC(Cc1ccc(C#Cc2ccc(N3CCN(C4CCOCC4)CC3)nc2)cc1)C(O)CN(Cc1c(F)cc(-c2cnn(C(F)F)c2)cc1F)NC(=O)C(NC(=O)O)C(C)(C)C(F)(F)F)C(C)(C)C(F)(F)F. The van der Waals surface area contributed by atoms with E-state index < -0.39 is 115 Å². The molecule has 436 valence electrons. The molecule has 80 heavy (non-hydrogen) atoms. The van der Waals surface area contributed by atoms with Gasteiger partial charge in [-0.05, 0) is 94.5 Å². The van der Waals surface area contributed by atoms with Gasteiger partial charge in [0.05, 0.1) is 36.3 Å². The molecular weight excluding hydrogens is 1080 g/mol. The van der Waals surface area contributed by atoms with Gasteiger partial charge in [-0.2, -0.15) is 40.2 Å². The number of amides is 4. The minimum atomic E-state index is -5.28. The molecule has 2 saturated heterocycles. The number of ether oxygens (including phenoxy) is 2. The highest BCUT2D eigenvalue weighted by Gasteiger charge is 2.57. The highest BCUT2D eigenvalue weighted by atomic mass is 19.4. The van der Waals surface area contributed by atoms with Crippen molar-refractivity contribution in [3.8, 4) is 23.0 Å². The number of nitrogens with zero attached hydrogens (tertiary/aromatic N) is 6. The van der Waals surface area contributed by atoms with E-state index in [1.54, 1.807) is 6.20 Å². The Labute approximate surface area is 453 Å². The van der Waals surface area contributed by atoms with Gasteiger partial charge in [-0.3, -0.25) is 19.9 Å². The van der Waals surface area contributed by atoms with Gasteiger partial charge in [0.1, 0.15) is 29.5 Å². The van der Waals surface area contributed by atoms with Crippen molar-refractivity contribution in [1.82, 2.24) is 46.0 Å². The summed E-state index contributed by atoms with van der Waals surface area (Å²) >= 11 is 0. The molecule has 2 aliphatic heterocycles. The number of alkyl halides is 8. The van der Waals surface area contributed by atoms with Gasteiger partial charge in [0.2, 0.25) is 5.91 Å². The first-order valence-electron chi connectivity index (χ1n) is 24.9. The van der Waals surface area contributed by atoms with Crippen molar-refractivity contribution in [3.05, 3.63) is 101 Å². The number of rotatable bonds is 19. The zero-order valence-corrected chi connectivity index (χ0v) is 43.9. The summed E-state index contributed by atoms with van der Waals surface area (Å²) in [6.07, 6.45) is -11.5. The fraction of sp³-hybridized carbons (Fsp3) is 0.500. The van der Waals surface area contributed by atoms with Crippen molar-refractivity contribution in [1.29, 1.82) is 0 Å². The van der Waals surface area contributed by atoms with E-state index in [-0.39, 0.29) is 21.4 Å². The first-order valence-corrected chi connectivity index (χ1v) is 24.9. The topological polar surface area (TPSA) is 216 Å². The van der Waals surface area contributed by atoms with Gasteiger partial charge in [0.25, 0.3) is 5.91 Å². The largest absolute Gasteiger partial charge is 0.465 e. The number of nitrogens with one attached hydrogen (secondary N) is 4. The van der Waals surface area contributed by atoms with Crippen LogP contribution < -0.4 is 26.3 Å². The average Bonchev–Trinajstić information content (AvgIpc) is 3.95. The second kappa shape index (κ2) is 25.9. The molecule has 0 aliphatic carbocycles. The van der Waals surface area contributed by atoms with Gasteiger partial charge < -0.3 is 40.5 Å². The zero-order chi connectivity index (χ0) is 58.9. The van der Waals surface area contributed by atoms with Crippen LogP contribution in [-0.2, 0) is 32.0 Å². The predicted octanol–water partition coefficient (Wildman–Crippen LogP) is 6.78. The first kappa shape index (κ1) is 62.0. The third-order valence-corrected chi connectivity index (χ3v) is 14.1. The molecule has 0 saturated carbocycles. The Hall–Kier alpha value is -7.22. The molecule has 2 aromatic carbocycles. The van der Waals surface area contributed by atoms with Crippen molar-refractivity contribution in [3.63, 3.8) is 0 Å². The number of hydrogen-bond donors (Lipinski definition) is 6. The fourth-order valence-corrected chi connectivity index (χ4v) is 8.89. The van der Waals surface area contributed by atoms with E-state index in [9.17, 15) is 64.5 Å². The lowest BCUT2D eigenvalue weighted by molar-refractivity contribution is -0.221. The molecule has 0 spiro atoms. The van der Waals surface area contributed by atoms with Gasteiger partial charge in [0, 0.05) is 93.2 Å². The van der Waals surface area contributed by atoms with Crippen molar-refractivity contribution in [2.75, 3.05) is 57.9 Å². The Morgan fingerprint density at radius 3 is 1.90 bits per heavy atom. The van der Waals surface area contributed by atoms with E-state index in [4.69, 9.17) is 4.74 Å². The van der Waals surface area contributed by atoms with Gasteiger partial charge >= 0.3 is 31.1 Å². The Balaban J connectivity index is 1.30. The molecule has 4 amide bonds. The third-order valence-electron chi connectivity index (χ3n) is 14.1. The molecule has 6 rings (SSSR count). The van der Waals surface area contributed by atoms with Crippen molar-refractivity contribution >= 4 is 29.8 Å². The molecule has 4 aromatic rings. The number of benzene rings is 2. The summed E-state index contributed by atoms with van der Waals surface area (Å²) < 4.78 is 155. The standard InChI is InChI=1S/C52H60F10N10O8/c1-49(2,51(57,58)59)42(67-48(78)79-5)44(74)65-39(22-31-9-6-30(7-10-31)8-11-32-12-13-41(63-25-32)70-18-16-69(17-19-70)35-14-20-80-21-15-35)40(73)29-71(68-45(75)43(66-47(76)77)50(3,4)52(60,61)62)28-36-37(53)23-33(24-38(36)54)34-26-64-72(27-34)46(55)56/h6-7,9-10,12-13,23-27,35,39-40,42-43,46,66,73H,14-22,28-29H2,1-5H3,(H,65,74)(H,67,78)(H,68,75)(H,76,77). The van der Waals surface area contributed by atoms with E-state index in [1.165, 1.54) is 29.6 Å². The molecule has 2 aliphatic rings. The molecule has 28 heteroatoms. The zero-order valence-electron chi connectivity index (χ0n) is 43.9. The van der Waals surface area contributed by atoms with Gasteiger partial charge in [-0.25, -0.2) is 33.0 Å². The van der Waals surface area contributed by atoms with Gasteiger partial charge in [-0.15, -0.1) is 0 Å². The van der Waals surface area contributed by atoms with E-state index in [1.807, 2.05) is 22.9 Å². The Bertz CT molecular complexity index is 2820. The van der Waals surface area contributed by atoms with Crippen LogP contribution in [0.3, 0.4) is 0 Å². The number of hydrogen-bond acceptors (Lipinski definition) is 12. The summed E-state index contributed by atoms with van der Waals surface area (Å²) in [6.45, 7) is 1.53. The predicted molar refractivity (Wildman–Crippen MR) is 267 cm³/mol. The number of hydrazine groups is 1. The number of alkyl carbamates (subject to hydrolysis) is 1. The van der Waals surface area contributed by atoms with E-state index in [0.717, 1.165) is 77.6 Å². The smallest absolute Gasteiger partial charge is 0.407 e. The second-order valence-electron chi connectivity index (χ2n) is 20.3. The maximum atomic E-state index is 16.0. The summed E-state index contributed by atoms with van der Waals surface area (Å²) in [7, 11) is 0.811. The van der Waals surface area contributed by atoms with E-state index in [0.29, 0.717) is 62.0 Å². The lowest BCUT2D eigenvalue weighted by atomic mass is 9.82. The lowest BCUT2D eigenvalue weighted by Gasteiger charge is -2.41. The normalized spacial score (nSPS) is 16.5. The summed E-state index contributed by atoms with van der Waals surface area (Å²) in [5, 5.41) is 30.9. The number of carbonyl (C=O) groups is 4. The number of carboxylic acid groups (broad SMARTS) is 1. The quantitative estimate of drug-likeness (QED) is 0.0325. The molecule has 4 unspecified atom stereocenters. The van der Waals surface area contributed by atoms with Crippen molar-refractivity contribution in [2.24, 2.45) is 10.8 Å². The van der Waals surface area contributed by atoms with Crippen LogP contribution in [0.25, 0.3) is 11.1 Å². The average molecular weight is 1140 g/mol. The van der Waals surface area contributed by atoms with Crippen molar-refractivity contribution in [2.45, 2.75) is 103 Å². The lowest BCUT2D eigenvalue weighted by Crippen LogP contribution is -2.63. The molecule has 18 nitrogen and oxygen atoms in total. The van der Waals surface area contributed by atoms with Crippen LogP contribution in [0.2, 0.25) is 0 Å². The Morgan fingerprint density at radius 1 is 0.800 bits per heavy atom. The van der Waals surface area contributed by atoms with Gasteiger partial charge in [0.15, 0.2) is 0 Å². The van der Waals surface area contributed by atoms with Crippen LogP contribution in [-0.4, -0.2) is 155 Å². The van der Waals surface area contributed by atoms with Crippen LogP contribution in [0.1, 0.15) is 69.3 Å². The van der Waals surface area contributed by atoms with Gasteiger partial charge in [-0.1, -0.05) is 24.0 Å². The number of pyridine rings is 1. The van der Waals surface area contributed by atoms with Crippen LogP contribution in [0, 0.1) is 34.3 Å². The highest BCUT2D eigenvalue weighted by Crippen LogP contribution is 2.42. The number of anilines is 1. The van der Waals surface area contributed by atoms with Crippen LogP contribution in [0.15, 0.2) is 67.1 Å². The molecule has 6 N–H and O–H groups in total. The number of aliphatic hydroxyl groups excluding tert-OH is 1. The number of aromatic nitrogens is 3. The maximum Gasteiger partial charge on any atom is 0.407 e. The highest BCUT2D eigenvalue weighted by molar-refractivity contribution is 5.87. The Kier molecular flexibility index (Phi) is 20.1. The summed E-state index contributed by atoms with van der Waals surface area (Å²) in [5.41, 5.74) is -4.49. The summed E-state index contributed by atoms with van der Waals surface area (Å²) in [4.78, 5) is 61.3. The van der Waals surface area contributed by atoms with E-state index >= 15 is 8.78 Å². The number of halogens is 10. The maximum absolute atomic E-state index is 16.0. The number of carbonyl (C=O) groups excluding carboxylic acids is 3. The van der Waals surface area contributed by atoms with Crippen LogP contribution in [0.4, 0.5) is 59.3 Å². The Morgan fingerprint density at radius 2 is 1.38 bits per heavy atom. The molecule has 0 radical (unpaired) electrons. The number of aliphatic hydroxyl groups is 1. The molecule has 4 heterocycles. The monoisotopic (exact) mass is 1140 g/mol. The third kappa shape index (κ3) is 15.6. The summed E-state index contributed by atoms with van der Waals surface area (Å²) in [5.74, 6) is 0.583. The van der Waals surface area contributed by atoms with Crippen LogP contribution in [0.5, 0.6) is 0 Å². The molecule has 2 aromatic heterocycles. The fourth-order valence-electron chi connectivity index (χ4n) is 8.89. The first-order chi connectivity index (χ1) is 37.5. The van der Waals surface area contributed by atoms with Crippen LogP contribution >= 0.6 is 0 Å². The molecule has 2 fully saturated rings. The molecule has 4 atom stereocenters. The molecular formula is C52H60F10N10O8. The molecule has 0 bridgehead atoms. The number of piperazine rings is 1.